The molecule has 88 valence electrons. The minimum absolute atomic E-state index is 0.498. The van der Waals surface area contributed by atoms with Crippen LogP contribution in [0.3, 0.4) is 0 Å². The van der Waals surface area contributed by atoms with E-state index >= 15 is 0 Å². The Morgan fingerprint density at radius 1 is 1.12 bits per heavy atom. The first-order valence-corrected chi connectivity index (χ1v) is 7.06. The molecule has 0 aliphatic heterocycles. The zero-order valence-corrected chi connectivity index (χ0v) is 12.1. The van der Waals surface area contributed by atoms with E-state index in [1.54, 1.807) is 0 Å². The van der Waals surface area contributed by atoms with Gasteiger partial charge < -0.3 is 0 Å². The number of rotatable bonds is 3. The molecule has 0 unspecified atom stereocenters. The molecule has 0 radical (unpaired) electrons. The van der Waals surface area contributed by atoms with Crippen LogP contribution in [0.25, 0.3) is 11.3 Å². The predicted octanol–water partition coefficient (Wildman–Crippen LogP) is 4.99. The Bertz CT molecular complexity index is 529. The number of aryl methyl sites for hydroxylation is 1. The van der Waals surface area contributed by atoms with E-state index in [1.807, 2.05) is 36.4 Å². The van der Waals surface area contributed by atoms with Crippen molar-refractivity contribution in [2.24, 2.45) is 0 Å². The maximum atomic E-state index is 5.99. The number of aromatic nitrogens is 1. The molecule has 0 saturated carbocycles. The van der Waals surface area contributed by atoms with E-state index in [1.165, 1.54) is 0 Å². The SMILES string of the molecule is Clc1cccc(-c2nc(Cl)ccc2CCBr)c1. The summed E-state index contributed by atoms with van der Waals surface area (Å²) in [6.07, 6.45) is 0.909. The Morgan fingerprint density at radius 2 is 1.94 bits per heavy atom. The van der Waals surface area contributed by atoms with Crippen LogP contribution in [0.5, 0.6) is 0 Å². The summed E-state index contributed by atoms with van der Waals surface area (Å²) in [6, 6.07) is 11.5. The first kappa shape index (κ1) is 12.9. The summed E-state index contributed by atoms with van der Waals surface area (Å²) in [4.78, 5) is 4.39. The number of hydrogen-bond acceptors (Lipinski definition) is 1. The van der Waals surface area contributed by atoms with Crippen LogP contribution in [-0.2, 0) is 6.42 Å². The topological polar surface area (TPSA) is 12.9 Å². The molecule has 0 aliphatic carbocycles. The molecular weight excluding hydrogens is 321 g/mol. The molecule has 0 amide bonds. The van der Waals surface area contributed by atoms with Crippen molar-refractivity contribution in [2.45, 2.75) is 6.42 Å². The molecule has 0 N–H and O–H groups in total. The minimum atomic E-state index is 0.498. The molecule has 0 fully saturated rings. The Kier molecular flexibility index (Phi) is 4.43. The average molecular weight is 331 g/mol. The molecule has 1 aromatic heterocycles. The van der Waals surface area contributed by atoms with Gasteiger partial charge in [-0.3, -0.25) is 0 Å². The second kappa shape index (κ2) is 5.85. The van der Waals surface area contributed by atoms with Gasteiger partial charge in [0.05, 0.1) is 5.69 Å². The number of halogens is 3. The fourth-order valence-electron chi connectivity index (χ4n) is 1.65. The van der Waals surface area contributed by atoms with Crippen LogP contribution in [-0.4, -0.2) is 10.3 Å². The van der Waals surface area contributed by atoms with Gasteiger partial charge >= 0.3 is 0 Å². The van der Waals surface area contributed by atoms with E-state index < -0.39 is 0 Å². The predicted molar refractivity (Wildman–Crippen MR) is 77.2 cm³/mol. The zero-order chi connectivity index (χ0) is 12.3. The second-order valence-corrected chi connectivity index (χ2v) is 5.21. The standard InChI is InChI=1S/C13H10BrCl2N/c14-7-6-9-4-5-12(16)17-13(9)10-2-1-3-11(15)8-10/h1-5,8H,6-7H2. The van der Waals surface area contributed by atoms with E-state index in [0.717, 1.165) is 28.6 Å². The van der Waals surface area contributed by atoms with Crippen molar-refractivity contribution in [3.63, 3.8) is 0 Å². The summed E-state index contributed by atoms with van der Waals surface area (Å²) < 4.78 is 0. The Balaban J connectivity index is 2.52. The Hall–Kier alpha value is -0.570. The Labute approximate surface area is 119 Å². The van der Waals surface area contributed by atoms with E-state index in [9.17, 15) is 0 Å². The number of benzene rings is 1. The van der Waals surface area contributed by atoms with Crippen molar-refractivity contribution in [2.75, 3.05) is 5.33 Å². The lowest BCUT2D eigenvalue weighted by atomic mass is 10.0. The third kappa shape index (κ3) is 3.21. The van der Waals surface area contributed by atoms with Crippen LogP contribution >= 0.6 is 39.1 Å². The van der Waals surface area contributed by atoms with Crippen molar-refractivity contribution in [1.82, 2.24) is 4.98 Å². The van der Waals surface area contributed by atoms with E-state index in [4.69, 9.17) is 23.2 Å². The summed E-state index contributed by atoms with van der Waals surface area (Å²) in [5.74, 6) is 0. The maximum absolute atomic E-state index is 5.99. The Morgan fingerprint density at radius 3 is 2.65 bits per heavy atom. The quantitative estimate of drug-likeness (QED) is 0.570. The smallest absolute Gasteiger partial charge is 0.129 e. The molecule has 0 bridgehead atoms. The van der Waals surface area contributed by atoms with Gasteiger partial charge in [-0.15, -0.1) is 0 Å². The lowest BCUT2D eigenvalue weighted by Crippen LogP contribution is -1.94. The van der Waals surface area contributed by atoms with Gasteiger partial charge in [-0.2, -0.15) is 0 Å². The van der Waals surface area contributed by atoms with Gasteiger partial charge in [-0.1, -0.05) is 57.3 Å². The summed E-state index contributed by atoms with van der Waals surface area (Å²) in [5.41, 5.74) is 3.06. The molecule has 2 aromatic rings. The number of nitrogens with zero attached hydrogens (tertiary/aromatic N) is 1. The van der Waals surface area contributed by atoms with Crippen molar-refractivity contribution in [1.29, 1.82) is 0 Å². The lowest BCUT2D eigenvalue weighted by molar-refractivity contribution is 1.13. The number of pyridine rings is 1. The molecular formula is C13H10BrCl2N. The fourth-order valence-corrected chi connectivity index (χ4v) is 2.42. The summed E-state index contributed by atoms with van der Waals surface area (Å²) in [6.45, 7) is 0. The van der Waals surface area contributed by atoms with Crippen LogP contribution in [0.1, 0.15) is 5.56 Å². The van der Waals surface area contributed by atoms with Gasteiger partial charge in [0.1, 0.15) is 5.15 Å². The summed E-state index contributed by atoms with van der Waals surface area (Å²) in [7, 11) is 0. The highest BCUT2D eigenvalue weighted by Gasteiger charge is 2.07. The van der Waals surface area contributed by atoms with Crippen LogP contribution in [0.4, 0.5) is 0 Å². The molecule has 1 nitrogen and oxygen atoms in total. The molecule has 0 saturated heterocycles. The zero-order valence-electron chi connectivity index (χ0n) is 8.96. The molecule has 2 rings (SSSR count). The van der Waals surface area contributed by atoms with Gasteiger partial charge in [0.15, 0.2) is 0 Å². The fraction of sp³-hybridized carbons (Fsp3) is 0.154. The first-order valence-electron chi connectivity index (χ1n) is 5.18. The molecule has 0 atom stereocenters. The van der Waals surface area contributed by atoms with Crippen molar-refractivity contribution in [3.8, 4) is 11.3 Å². The van der Waals surface area contributed by atoms with Crippen LogP contribution in [0.15, 0.2) is 36.4 Å². The van der Waals surface area contributed by atoms with Crippen molar-refractivity contribution >= 4 is 39.1 Å². The third-order valence-corrected chi connectivity index (χ3v) is 3.25. The maximum Gasteiger partial charge on any atom is 0.129 e. The minimum Gasteiger partial charge on any atom is -0.236 e. The van der Waals surface area contributed by atoms with Gasteiger partial charge in [-0.25, -0.2) is 4.98 Å². The first-order chi connectivity index (χ1) is 8.20. The summed E-state index contributed by atoms with van der Waals surface area (Å²) >= 11 is 15.4. The monoisotopic (exact) mass is 329 g/mol. The highest BCUT2D eigenvalue weighted by atomic mass is 79.9. The van der Waals surface area contributed by atoms with Crippen LogP contribution in [0, 0.1) is 0 Å². The molecule has 1 aromatic carbocycles. The van der Waals surface area contributed by atoms with E-state index in [2.05, 4.69) is 20.9 Å². The van der Waals surface area contributed by atoms with Gasteiger partial charge in [0.2, 0.25) is 0 Å². The van der Waals surface area contributed by atoms with Gasteiger partial charge in [0.25, 0.3) is 0 Å². The van der Waals surface area contributed by atoms with Crippen molar-refractivity contribution < 1.29 is 0 Å². The molecule has 0 spiro atoms. The average Bonchev–Trinajstić information content (AvgIpc) is 2.32. The third-order valence-electron chi connectivity index (χ3n) is 2.41. The van der Waals surface area contributed by atoms with Crippen LogP contribution < -0.4 is 0 Å². The van der Waals surface area contributed by atoms with E-state index in [0.29, 0.717) is 10.2 Å². The van der Waals surface area contributed by atoms with Crippen molar-refractivity contribution in [3.05, 3.63) is 52.1 Å². The van der Waals surface area contributed by atoms with Crippen LogP contribution in [0.2, 0.25) is 10.2 Å². The molecule has 17 heavy (non-hydrogen) atoms. The molecule has 1 heterocycles. The molecule has 4 heteroatoms. The summed E-state index contributed by atoms with van der Waals surface area (Å²) in [5, 5.41) is 2.09. The highest BCUT2D eigenvalue weighted by Crippen LogP contribution is 2.26. The van der Waals surface area contributed by atoms with E-state index in [-0.39, 0.29) is 0 Å². The largest absolute Gasteiger partial charge is 0.236 e. The normalized spacial score (nSPS) is 10.5. The number of alkyl halides is 1. The van der Waals surface area contributed by atoms with Gasteiger partial charge in [0, 0.05) is 15.9 Å². The number of hydrogen-bond donors (Lipinski definition) is 0. The second-order valence-electron chi connectivity index (χ2n) is 3.59. The lowest BCUT2D eigenvalue weighted by Gasteiger charge is -2.08. The molecule has 0 aliphatic rings. The highest BCUT2D eigenvalue weighted by molar-refractivity contribution is 9.09. The van der Waals surface area contributed by atoms with Gasteiger partial charge in [-0.05, 0) is 30.2 Å².